The second kappa shape index (κ2) is 4.13. The van der Waals surface area contributed by atoms with Crippen molar-refractivity contribution >= 4 is 6.29 Å². The Balaban J connectivity index is 3.43. The normalized spacial score (nSPS) is 10.4. The predicted molar refractivity (Wildman–Crippen MR) is 45.9 cm³/mol. The standard InChI is InChI=1S/C9H9F2NO2/c1-5-8(14-2)7(9(10)11)6(4-13)3-12-5/h3-4,9H,1-2H3. The van der Waals surface area contributed by atoms with Crippen LogP contribution < -0.4 is 4.74 Å². The third-order valence-corrected chi connectivity index (χ3v) is 1.83. The maximum atomic E-state index is 12.6. The van der Waals surface area contributed by atoms with Gasteiger partial charge in [-0.05, 0) is 6.92 Å². The lowest BCUT2D eigenvalue weighted by Crippen LogP contribution is -2.02. The number of nitrogens with zero attached hydrogens (tertiary/aromatic N) is 1. The molecule has 1 rings (SSSR count). The Morgan fingerprint density at radius 1 is 1.57 bits per heavy atom. The molecular formula is C9H9F2NO2. The Morgan fingerprint density at radius 3 is 2.64 bits per heavy atom. The van der Waals surface area contributed by atoms with Gasteiger partial charge in [0.05, 0.1) is 18.4 Å². The summed E-state index contributed by atoms with van der Waals surface area (Å²) >= 11 is 0. The first kappa shape index (κ1) is 10.6. The molecule has 0 aliphatic heterocycles. The number of ether oxygens (including phenoxy) is 1. The van der Waals surface area contributed by atoms with Crippen molar-refractivity contribution in [3.05, 3.63) is 23.0 Å². The van der Waals surface area contributed by atoms with E-state index in [0.29, 0.717) is 12.0 Å². The predicted octanol–water partition coefficient (Wildman–Crippen LogP) is 2.15. The summed E-state index contributed by atoms with van der Waals surface area (Å²) in [6.07, 6.45) is -1.28. The van der Waals surface area contributed by atoms with E-state index >= 15 is 0 Å². The summed E-state index contributed by atoms with van der Waals surface area (Å²) in [5.74, 6) is -0.0235. The number of carbonyl (C=O) groups excluding carboxylic acids is 1. The van der Waals surface area contributed by atoms with Crippen molar-refractivity contribution in [3.63, 3.8) is 0 Å². The molecule has 0 saturated carbocycles. The van der Waals surface area contributed by atoms with Gasteiger partial charge in [0, 0.05) is 11.8 Å². The van der Waals surface area contributed by atoms with E-state index in [-0.39, 0.29) is 11.3 Å². The topological polar surface area (TPSA) is 39.2 Å². The molecule has 0 fully saturated rings. The maximum Gasteiger partial charge on any atom is 0.268 e. The highest BCUT2D eigenvalue weighted by molar-refractivity contribution is 5.78. The Bertz CT molecular complexity index is 353. The van der Waals surface area contributed by atoms with Crippen molar-refractivity contribution in [2.75, 3.05) is 7.11 Å². The first-order valence-corrected chi connectivity index (χ1v) is 3.88. The molecule has 0 aromatic carbocycles. The Kier molecular flexibility index (Phi) is 3.11. The van der Waals surface area contributed by atoms with E-state index in [1.807, 2.05) is 0 Å². The number of carbonyl (C=O) groups is 1. The van der Waals surface area contributed by atoms with Gasteiger partial charge in [-0.2, -0.15) is 0 Å². The van der Waals surface area contributed by atoms with Gasteiger partial charge in [0.15, 0.2) is 6.29 Å². The molecule has 14 heavy (non-hydrogen) atoms. The lowest BCUT2D eigenvalue weighted by Gasteiger charge is -2.11. The van der Waals surface area contributed by atoms with E-state index in [9.17, 15) is 13.6 Å². The first-order chi connectivity index (χ1) is 6.61. The number of rotatable bonds is 3. The maximum absolute atomic E-state index is 12.6. The van der Waals surface area contributed by atoms with Crippen molar-refractivity contribution in [1.29, 1.82) is 0 Å². The van der Waals surface area contributed by atoms with Crippen LogP contribution in [0.2, 0.25) is 0 Å². The van der Waals surface area contributed by atoms with Gasteiger partial charge in [0.25, 0.3) is 6.43 Å². The van der Waals surface area contributed by atoms with E-state index in [2.05, 4.69) is 4.98 Å². The summed E-state index contributed by atoms with van der Waals surface area (Å²) in [5, 5.41) is 0. The minimum Gasteiger partial charge on any atom is -0.494 e. The van der Waals surface area contributed by atoms with Gasteiger partial charge in [-0.3, -0.25) is 9.78 Å². The van der Waals surface area contributed by atoms with E-state index in [1.165, 1.54) is 7.11 Å². The molecule has 0 spiro atoms. The zero-order chi connectivity index (χ0) is 10.7. The minimum absolute atomic E-state index is 0.0235. The van der Waals surface area contributed by atoms with Crippen molar-refractivity contribution in [3.8, 4) is 5.75 Å². The number of pyridine rings is 1. The number of aryl methyl sites for hydroxylation is 1. The third kappa shape index (κ3) is 1.71. The highest BCUT2D eigenvalue weighted by Gasteiger charge is 2.20. The van der Waals surface area contributed by atoms with E-state index in [4.69, 9.17) is 4.74 Å². The first-order valence-electron chi connectivity index (χ1n) is 3.88. The molecule has 0 radical (unpaired) electrons. The number of methoxy groups -OCH3 is 1. The molecule has 1 aromatic rings. The van der Waals surface area contributed by atoms with Crippen LogP contribution in [0, 0.1) is 6.92 Å². The van der Waals surface area contributed by atoms with Gasteiger partial charge in [0.2, 0.25) is 0 Å². The van der Waals surface area contributed by atoms with Crippen LogP contribution in [0.5, 0.6) is 5.75 Å². The zero-order valence-electron chi connectivity index (χ0n) is 7.75. The van der Waals surface area contributed by atoms with Crippen molar-refractivity contribution in [1.82, 2.24) is 4.98 Å². The fourth-order valence-electron chi connectivity index (χ4n) is 1.20. The quantitative estimate of drug-likeness (QED) is 0.703. The molecule has 0 aliphatic carbocycles. The summed E-state index contributed by atoms with van der Waals surface area (Å²) in [5.41, 5.74) is -0.189. The van der Waals surface area contributed by atoms with Gasteiger partial charge in [0.1, 0.15) is 5.75 Å². The molecule has 0 unspecified atom stereocenters. The second-order valence-electron chi connectivity index (χ2n) is 2.66. The third-order valence-electron chi connectivity index (χ3n) is 1.83. The van der Waals surface area contributed by atoms with Crippen molar-refractivity contribution in [2.24, 2.45) is 0 Å². The van der Waals surface area contributed by atoms with Crippen molar-refractivity contribution < 1.29 is 18.3 Å². The number of aldehydes is 1. The molecule has 3 nitrogen and oxygen atoms in total. The van der Waals surface area contributed by atoms with Crippen LogP contribution in [0.3, 0.4) is 0 Å². The lowest BCUT2D eigenvalue weighted by atomic mass is 10.1. The Labute approximate surface area is 79.7 Å². The van der Waals surface area contributed by atoms with Crippen LogP contribution in [-0.2, 0) is 0 Å². The van der Waals surface area contributed by atoms with Gasteiger partial charge in [-0.25, -0.2) is 8.78 Å². The summed E-state index contributed by atoms with van der Waals surface area (Å²) in [7, 11) is 1.27. The molecule has 1 aromatic heterocycles. The van der Waals surface area contributed by atoms with E-state index < -0.39 is 12.0 Å². The fourth-order valence-corrected chi connectivity index (χ4v) is 1.20. The molecule has 0 atom stereocenters. The average molecular weight is 201 g/mol. The molecule has 0 saturated heterocycles. The van der Waals surface area contributed by atoms with Crippen LogP contribution in [-0.4, -0.2) is 18.4 Å². The Morgan fingerprint density at radius 2 is 2.21 bits per heavy atom. The smallest absolute Gasteiger partial charge is 0.268 e. The monoisotopic (exact) mass is 201 g/mol. The number of hydrogen-bond donors (Lipinski definition) is 0. The molecule has 0 bridgehead atoms. The molecule has 0 amide bonds. The van der Waals surface area contributed by atoms with Crippen molar-refractivity contribution in [2.45, 2.75) is 13.3 Å². The molecule has 1 heterocycles. The molecule has 0 N–H and O–H groups in total. The van der Waals surface area contributed by atoms with Crippen LogP contribution in [0.4, 0.5) is 8.78 Å². The van der Waals surface area contributed by atoms with Crippen LogP contribution in [0.25, 0.3) is 0 Å². The molecular weight excluding hydrogens is 192 g/mol. The molecule has 5 heteroatoms. The summed E-state index contributed by atoms with van der Waals surface area (Å²) in [6.45, 7) is 1.54. The number of alkyl halides is 2. The summed E-state index contributed by atoms with van der Waals surface area (Å²) in [4.78, 5) is 14.3. The number of hydrogen-bond acceptors (Lipinski definition) is 3. The summed E-state index contributed by atoms with van der Waals surface area (Å²) in [6, 6.07) is 0. The zero-order valence-corrected chi connectivity index (χ0v) is 7.75. The largest absolute Gasteiger partial charge is 0.494 e. The number of aromatic nitrogens is 1. The van der Waals surface area contributed by atoms with Gasteiger partial charge in [-0.1, -0.05) is 0 Å². The minimum atomic E-state index is -2.74. The lowest BCUT2D eigenvalue weighted by molar-refractivity contribution is 0.110. The van der Waals surface area contributed by atoms with Gasteiger partial charge in [-0.15, -0.1) is 0 Å². The Hall–Kier alpha value is -1.52. The van der Waals surface area contributed by atoms with Gasteiger partial charge < -0.3 is 4.74 Å². The highest BCUT2D eigenvalue weighted by atomic mass is 19.3. The van der Waals surface area contributed by atoms with Gasteiger partial charge >= 0.3 is 0 Å². The fraction of sp³-hybridized carbons (Fsp3) is 0.333. The van der Waals surface area contributed by atoms with Crippen LogP contribution >= 0.6 is 0 Å². The molecule has 0 aliphatic rings. The SMILES string of the molecule is COc1c(C)ncc(C=O)c1C(F)F. The highest BCUT2D eigenvalue weighted by Crippen LogP contribution is 2.32. The molecule has 76 valence electrons. The van der Waals surface area contributed by atoms with Crippen LogP contribution in [0.15, 0.2) is 6.20 Å². The van der Waals surface area contributed by atoms with Crippen LogP contribution in [0.1, 0.15) is 28.0 Å². The van der Waals surface area contributed by atoms with E-state index in [1.54, 1.807) is 6.92 Å². The second-order valence-corrected chi connectivity index (χ2v) is 2.66. The van der Waals surface area contributed by atoms with E-state index in [0.717, 1.165) is 6.20 Å². The average Bonchev–Trinajstić information content (AvgIpc) is 2.17. The summed E-state index contributed by atoms with van der Waals surface area (Å²) < 4.78 is 29.9. The number of halogens is 2.